The molecule has 1 aliphatic heterocycles. The molecule has 2 amide bonds. The molecule has 2 aromatic carbocycles. The van der Waals surface area contributed by atoms with Crippen LogP contribution < -0.4 is 10.6 Å². The van der Waals surface area contributed by atoms with E-state index in [4.69, 9.17) is 23.2 Å². The van der Waals surface area contributed by atoms with Crippen LogP contribution in [0.5, 0.6) is 0 Å². The molecule has 0 saturated carbocycles. The average molecular weight is 479 g/mol. The number of benzene rings is 2. The minimum atomic E-state index is -0.383. The summed E-state index contributed by atoms with van der Waals surface area (Å²) in [6.07, 6.45) is 0.366. The minimum Gasteiger partial charge on any atom is -0.396 e. The van der Waals surface area contributed by atoms with Crippen molar-refractivity contribution in [2.75, 3.05) is 39.3 Å². The topological polar surface area (TPSA) is 67.8 Å². The number of carbonyl (C=O) groups excluding carboxylic acids is 1. The number of halogens is 2. The number of rotatable bonds is 9. The molecular formula is C24H32Cl2N4O2. The smallest absolute Gasteiger partial charge is 0.315 e. The molecule has 1 aliphatic rings. The van der Waals surface area contributed by atoms with Crippen molar-refractivity contribution in [2.24, 2.45) is 0 Å². The van der Waals surface area contributed by atoms with Crippen LogP contribution in [0, 0.1) is 0 Å². The third-order valence-electron chi connectivity index (χ3n) is 5.80. The van der Waals surface area contributed by atoms with E-state index in [-0.39, 0.29) is 18.7 Å². The first kappa shape index (κ1) is 24.8. The van der Waals surface area contributed by atoms with E-state index in [0.29, 0.717) is 23.0 Å². The van der Waals surface area contributed by atoms with Crippen molar-refractivity contribution in [2.45, 2.75) is 32.5 Å². The Balaban J connectivity index is 1.48. The lowest BCUT2D eigenvalue weighted by Gasteiger charge is -2.34. The monoisotopic (exact) mass is 478 g/mol. The third kappa shape index (κ3) is 7.64. The molecule has 3 N–H and O–H groups in total. The highest BCUT2D eigenvalue weighted by Gasteiger charge is 2.17. The molecule has 0 radical (unpaired) electrons. The number of hydrogen-bond acceptors (Lipinski definition) is 4. The van der Waals surface area contributed by atoms with Crippen molar-refractivity contribution in [1.29, 1.82) is 0 Å². The predicted molar refractivity (Wildman–Crippen MR) is 130 cm³/mol. The zero-order valence-corrected chi connectivity index (χ0v) is 20.0. The van der Waals surface area contributed by atoms with Gasteiger partial charge in [-0.2, -0.15) is 0 Å². The van der Waals surface area contributed by atoms with Gasteiger partial charge in [-0.1, -0.05) is 54.4 Å². The Bertz CT molecular complexity index is 851. The van der Waals surface area contributed by atoms with E-state index in [1.165, 1.54) is 5.56 Å². The molecule has 1 saturated heterocycles. The van der Waals surface area contributed by atoms with Crippen molar-refractivity contribution in [3.05, 3.63) is 69.2 Å². The molecule has 0 spiro atoms. The van der Waals surface area contributed by atoms with Gasteiger partial charge in [0.1, 0.15) is 0 Å². The fourth-order valence-corrected chi connectivity index (χ4v) is 4.45. The number of amides is 2. The number of aliphatic hydroxyl groups is 1. The van der Waals surface area contributed by atoms with Crippen LogP contribution in [0.25, 0.3) is 0 Å². The summed E-state index contributed by atoms with van der Waals surface area (Å²) in [6, 6.07) is 12.8. The molecule has 2 aromatic rings. The van der Waals surface area contributed by atoms with Crippen molar-refractivity contribution in [3.8, 4) is 0 Å². The van der Waals surface area contributed by atoms with Gasteiger partial charge in [0, 0.05) is 55.9 Å². The fraction of sp³-hybridized carbons (Fsp3) is 0.458. The van der Waals surface area contributed by atoms with Gasteiger partial charge in [0.25, 0.3) is 0 Å². The van der Waals surface area contributed by atoms with Crippen LogP contribution in [-0.4, -0.2) is 60.3 Å². The number of nitrogens with zero attached hydrogens (tertiary/aromatic N) is 2. The Labute approximate surface area is 200 Å². The van der Waals surface area contributed by atoms with Crippen molar-refractivity contribution in [3.63, 3.8) is 0 Å². The van der Waals surface area contributed by atoms with Crippen LogP contribution in [0.4, 0.5) is 4.79 Å². The maximum Gasteiger partial charge on any atom is 0.315 e. The number of likely N-dealkylation sites (N-methyl/N-ethyl adjacent to an activating group) is 1. The number of urea groups is 1. The van der Waals surface area contributed by atoms with Gasteiger partial charge in [0.2, 0.25) is 0 Å². The Kier molecular flexibility index (Phi) is 9.63. The van der Waals surface area contributed by atoms with E-state index in [9.17, 15) is 9.90 Å². The normalized spacial score (nSPS) is 16.0. The van der Waals surface area contributed by atoms with Gasteiger partial charge in [-0.25, -0.2) is 4.79 Å². The molecular weight excluding hydrogens is 447 g/mol. The van der Waals surface area contributed by atoms with E-state index in [2.05, 4.69) is 51.6 Å². The quantitative estimate of drug-likeness (QED) is 0.508. The first-order valence-electron chi connectivity index (χ1n) is 11.1. The van der Waals surface area contributed by atoms with Gasteiger partial charge in [-0.05, 0) is 47.9 Å². The number of nitrogens with one attached hydrogen (secondary N) is 2. The lowest BCUT2D eigenvalue weighted by molar-refractivity contribution is 0.132. The lowest BCUT2D eigenvalue weighted by Crippen LogP contribution is -2.45. The highest BCUT2D eigenvalue weighted by atomic mass is 35.5. The summed E-state index contributed by atoms with van der Waals surface area (Å²) in [4.78, 5) is 17.4. The Hall–Kier alpha value is -1.83. The molecule has 1 atom stereocenters. The van der Waals surface area contributed by atoms with Crippen LogP contribution in [0.2, 0.25) is 10.0 Å². The zero-order chi connectivity index (χ0) is 22.9. The largest absolute Gasteiger partial charge is 0.396 e. The highest BCUT2D eigenvalue weighted by molar-refractivity contribution is 6.34. The van der Waals surface area contributed by atoms with Crippen LogP contribution in [0.3, 0.4) is 0 Å². The van der Waals surface area contributed by atoms with E-state index in [1.807, 2.05) is 0 Å². The molecule has 0 bridgehead atoms. The van der Waals surface area contributed by atoms with Gasteiger partial charge in [-0.3, -0.25) is 4.90 Å². The molecule has 1 fully saturated rings. The standard InChI is InChI=1S/C24H32Cl2N4O2/c1-2-29-8-10-30(11-9-29)17-19-5-3-18(4-6-19)16-27-24(32)28-23(7-12-31)20-13-21(25)15-22(26)14-20/h3-6,13-15,23,31H,2,7-12,16-17H2,1H3,(H2,27,28,32). The Morgan fingerprint density at radius 1 is 1.00 bits per heavy atom. The SMILES string of the molecule is CCN1CCN(Cc2ccc(CNC(=O)NC(CCO)c3cc(Cl)cc(Cl)c3)cc2)CC1. The van der Waals surface area contributed by atoms with Gasteiger partial charge in [0.15, 0.2) is 0 Å². The summed E-state index contributed by atoms with van der Waals surface area (Å²) < 4.78 is 0. The molecule has 1 unspecified atom stereocenters. The number of piperazine rings is 1. The molecule has 1 heterocycles. The molecule has 3 rings (SSSR count). The van der Waals surface area contributed by atoms with Crippen LogP contribution in [-0.2, 0) is 13.1 Å². The molecule has 8 heteroatoms. The van der Waals surface area contributed by atoms with Crippen molar-refractivity contribution >= 4 is 29.2 Å². The molecule has 6 nitrogen and oxygen atoms in total. The average Bonchev–Trinajstić information content (AvgIpc) is 2.78. The van der Waals surface area contributed by atoms with Gasteiger partial charge in [0.05, 0.1) is 6.04 Å². The number of aliphatic hydroxyl groups excluding tert-OH is 1. The second kappa shape index (κ2) is 12.4. The van der Waals surface area contributed by atoms with Gasteiger partial charge >= 0.3 is 6.03 Å². The van der Waals surface area contributed by atoms with E-state index >= 15 is 0 Å². The second-order valence-electron chi connectivity index (χ2n) is 8.12. The highest BCUT2D eigenvalue weighted by Crippen LogP contribution is 2.25. The Morgan fingerprint density at radius 2 is 1.59 bits per heavy atom. The van der Waals surface area contributed by atoms with E-state index < -0.39 is 0 Å². The van der Waals surface area contributed by atoms with Crippen LogP contribution in [0.15, 0.2) is 42.5 Å². The zero-order valence-electron chi connectivity index (χ0n) is 18.5. The summed E-state index contributed by atoms with van der Waals surface area (Å²) in [7, 11) is 0. The first-order valence-corrected chi connectivity index (χ1v) is 11.9. The van der Waals surface area contributed by atoms with Crippen molar-refractivity contribution in [1.82, 2.24) is 20.4 Å². The molecule has 32 heavy (non-hydrogen) atoms. The lowest BCUT2D eigenvalue weighted by atomic mass is 10.0. The Morgan fingerprint density at radius 3 is 2.19 bits per heavy atom. The van der Waals surface area contributed by atoms with E-state index in [1.54, 1.807) is 18.2 Å². The predicted octanol–water partition coefficient (Wildman–Crippen LogP) is 4.05. The maximum atomic E-state index is 12.4. The summed E-state index contributed by atoms with van der Waals surface area (Å²) >= 11 is 12.2. The van der Waals surface area contributed by atoms with Crippen LogP contribution >= 0.6 is 23.2 Å². The van der Waals surface area contributed by atoms with Crippen LogP contribution in [0.1, 0.15) is 36.1 Å². The second-order valence-corrected chi connectivity index (χ2v) is 8.99. The van der Waals surface area contributed by atoms with Gasteiger partial charge in [-0.15, -0.1) is 0 Å². The molecule has 0 aromatic heterocycles. The summed E-state index contributed by atoms with van der Waals surface area (Å²) in [6.45, 7) is 9.11. The van der Waals surface area contributed by atoms with E-state index in [0.717, 1.165) is 50.4 Å². The number of hydrogen-bond donors (Lipinski definition) is 3. The summed E-state index contributed by atoms with van der Waals surface area (Å²) in [5.74, 6) is 0. The first-order chi connectivity index (χ1) is 15.5. The summed E-state index contributed by atoms with van der Waals surface area (Å²) in [5, 5.41) is 16.1. The third-order valence-corrected chi connectivity index (χ3v) is 6.24. The molecule has 174 valence electrons. The minimum absolute atomic E-state index is 0.0654. The molecule has 0 aliphatic carbocycles. The van der Waals surface area contributed by atoms with Crippen molar-refractivity contribution < 1.29 is 9.90 Å². The maximum absolute atomic E-state index is 12.4. The number of carbonyl (C=O) groups is 1. The fourth-order valence-electron chi connectivity index (χ4n) is 3.90. The van der Waals surface area contributed by atoms with Gasteiger partial charge < -0.3 is 20.6 Å². The summed E-state index contributed by atoms with van der Waals surface area (Å²) in [5.41, 5.74) is 3.07.